The van der Waals surface area contributed by atoms with Crippen molar-refractivity contribution in [1.82, 2.24) is 5.32 Å². The summed E-state index contributed by atoms with van der Waals surface area (Å²) in [4.78, 5) is 24.4. The van der Waals surface area contributed by atoms with Crippen LogP contribution in [0.25, 0.3) is 0 Å². The number of ether oxygens (including phenoxy) is 1. The van der Waals surface area contributed by atoms with Crippen LogP contribution in [-0.4, -0.2) is 25.0 Å². The van der Waals surface area contributed by atoms with Crippen LogP contribution in [-0.2, 0) is 14.3 Å². The van der Waals surface area contributed by atoms with E-state index in [0.717, 1.165) is 12.8 Å². The van der Waals surface area contributed by atoms with Crippen molar-refractivity contribution in [3.05, 3.63) is 0 Å². The molecule has 1 amide bonds. The summed E-state index contributed by atoms with van der Waals surface area (Å²) < 4.78 is 4.84. The van der Waals surface area contributed by atoms with E-state index in [-0.39, 0.29) is 17.8 Å². The van der Waals surface area contributed by atoms with Crippen LogP contribution in [0.2, 0.25) is 0 Å². The SMILES string of the molecule is COC(=O)C(CC(C)C)NC(=O)C1CCC2(CCCCC2)CC1. The standard InChI is InChI=1S/C19H33NO3/c1-14(2)13-16(18(22)23-3)20-17(21)15-7-11-19(12-8-15)9-5-4-6-10-19/h14-16H,4-13H2,1-3H3,(H,20,21). The fraction of sp³-hybridized carbons (Fsp3) is 0.895. The van der Waals surface area contributed by atoms with Gasteiger partial charge in [0.1, 0.15) is 6.04 Å². The number of amides is 1. The quantitative estimate of drug-likeness (QED) is 0.782. The number of hydrogen-bond acceptors (Lipinski definition) is 3. The maximum absolute atomic E-state index is 12.6. The first-order chi connectivity index (χ1) is 11.0. The van der Waals surface area contributed by atoms with Crippen molar-refractivity contribution in [2.75, 3.05) is 7.11 Å². The summed E-state index contributed by atoms with van der Waals surface area (Å²) >= 11 is 0. The second-order valence-corrected chi connectivity index (χ2v) is 8.05. The highest BCUT2D eigenvalue weighted by molar-refractivity contribution is 5.85. The van der Waals surface area contributed by atoms with Gasteiger partial charge in [-0.25, -0.2) is 4.79 Å². The molecule has 23 heavy (non-hydrogen) atoms. The molecule has 0 saturated heterocycles. The molecule has 1 spiro atoms. The van der Waals surface area contributed by atoms with E-state index < -0.39 is 6.04 Å². The molecule has 1 atom stereocenters. The number of esters is 1. The van der Waals surface area contributed by atoms with Crippen LogP contribution in [0.5, 0.6) is 0 Å². The van der Waals surface area contributed by atoms with Crippen LogP contribution in [0.4, 0.5) is 0 Å². The van der Waals surface area contributed by atoms with E-state index in [1.54, 1.807) is 0 Å². The summed E-state index contributed by atoms with van der Waals surface area (Å²) in [6.07, 6.45) is 11.7. The highest BCUT2D eigenvalue weighted by Crippen LogP contribution is 2.48. The summed E-state index contributed by atoms with van der Waals surface area (Å²) in [5, 5.41) is 2.95. The average molecular weight is 323 g/mol. The number of methoxy groups -OCH3 is 1. The van der Waals surface area contributed by atoms with E-state index in [1.165, 1.54) is 52.1 Å². The second-order valence-electron chi connectivity index (χ2n) is 8.05. The molecule has 2 aliphatic carbocycles. The molecule has 4 nitrogen and oxygen atoms in total. The second kappa shape index (κ2) is 8.16. The number of carbonyl (C=O) groups excluding carboxylic acids is 2. The summed E-state index contributed by atoms with van der Waals surface area (Å²) in [6.45, 7) is 4.10. The van der Waals surface area contributed by atoms with Crippen molar-refractivity contribution in [2.45, 2.75) is 84.1 Å². The first kappa shape index (κ1) is 18.3. The van der Waals surface area contributed by atoms with Gasteiger partial charge in [0, 0.05) is 5.92 Å². The van der Waals surface area contributed by atoms with E-state index in [1.807, 2.05) is 0 Å². The summed E-state index contributed by atoms with van der Waals surface area (Å²) in [5.74, 6) is 0.136. The molecule has 1 unspecified atom stereocenters. The van der Waals surface area contributed by atoms with Gasteiger partial charge in [0.15, 0.2) is 0 Å². The lowest BCUT2D eigenvalue weighted by atomic mass is 9.63. The van der Waals surface area contributed by atoms with Gasteiger partial charge in [0.2, 0.25) is 5.91 Å². The number of carbonyl (C=O) groups is 2. The highest BCUT2D eigenvalue weighted by Gasteiger charge is 2.38. The molecule has 2 aliphatic rings. The van der Waals surface area contributed by atoms with E-state index in [4.69, 9.17) is 4.74 Å². The molecule has 0 aromatic carbocycles. The zero-order chi connectivity index (χ0) is 16.9. The zero-order valence-electron chi connectivity index (χ0n) is 15.0. The topological polar surface area (TPSA) is 55.4 Å². The Balaban J connectivity index is 1.86. The van der Waals surface area contributed by atoms with Gasteiger partial charge in [-0.2, -0.15) is 0 Å². The Kier molecular flexibility index (Phi) is 6.49. The summed E-state index contributed by atoms with van der Waals surface area (Å²) in [6, 6.07) is -0.502. The van der Waals surface area contributed by atoms with Gasteiger partial charge >= 0.3 is 5.97 Å². The Hall–Kier alpha value is -1.06. The molecule has 2 fully saturated rings. The minimum atomic E-state index is -0.502. The number of hydrogen-bond donors (Lipinski definition) is 1. The van der Waals surface area contributed by atoms with Crippen LogP contribution in [0, 0.1) is 17.3 Å². The van der Waals surface area contributed by atoms with Gasteiger partial charge in [-0.05, 0) is 56.3 Å². The molecule has 0 aromatic heterocycles. The summed E-state index contributed by atoms with van der Waals surface area (Å²) in [7, 11) is 1.38. The predicted octanol–water partition coefficient (Wildman–Crippen LogP) is 3.83. The van der Waals surface area contributed by atoms with Crippen molar-refractivity contribution < 1.29 is 14.3 Å². The Labute approximate surface area is 140 Å². The Morgan fingerprint density at radius 2 is 1.70 bits per heavy atom. The highest BCUT2D eigenvalue weighted by atomic mass is 16.5. The van der Waals surface area contributed by atoms with Crippen LogP contribution < -0.4 is 5.32 Å². The number of rotatable bonds is 5. The fourth-order valence-electron chi connectivity index (χ4n) is 4.41. The van der Waals surface area contributed by atoms with Crippen LogP contribution in [0.1, 0.15) is 78.1 Å². The van der Waals surface area contributed by atoms with E-state index in [2.05, 4.69) is 19.2 Å². The zero-order valence-corrected chi connectivity index (χ0v) is 15.0. The molecule has 132 valence electrons. The lowest BCUT2D eigenvalue weighted by Gasteiger charge is -2.42. The van der Waals surface area contributed by atoms with Gasteiger partial charge in [-0.1, -0.05) is 33.1 Å². The van der Waals surface area contributed by atoms with Gasteiger partial charge in [-0.3, -0.25) is 4.79 Å². The Morgan fingerprint density at radius 3 is 2.22 bits per heavy atom. The molecule has 2 rings (SSSR count). The first-order valence-electron chi connectivity index (χ1n) is 9.34. The molecule has 0 aliphatic heterocycles. The maximum atomic E-state index is 12.6. The molecule has 0 heterocycles. The van der Waals surface area contributed by atoms with Crippen molar-refractivity contribution in [2.24, 2.45) is 17.3 Å². The van der Waals surface area contributed by atoms with Crippen molar-refractivity contribution in [3.63, 3.8) is 0 Å². The molecule has 4 heteroatoms. The molecular formula is C19H33NO3. The van der Waals surface area contributed by atoms with Crippen molar-refractivity contribution >= 4 is 11.9 Å². The molecule has 0 bridgehead atoms. The molecular weight excluding hydrogens is 290 g/mol. The third-order valence-corrected chi connectivity index (χ3v) is 5.84. The number of nitrogens with one attached hydrogen (secondary N) is 1. The largest absolute Gasteiger partial charge is 0.467 e. The predicted molar refractivity (Wildman–Crippen MR) is 90.9 cm³/mol. The Bertz CT molecular complexity index is 403. The maximum Gasteiger partial charge on any atom is 0.328 e. The average Bonchev–Trinajstić information content (AvgIpc) is 2.54. The molecule has 1 N–H and O–H groups in total. The molecule has 0 aromatic rings. The minimum Gasteiger partial charge on any atom is -0.467 e. The van der Waals surface area contributed by atoms with Crippen LogP contribution in [0.3, 0.4) is 0 Å². The molecule has 0 radical (unpaired) electrons. The lowest BCUT2D eigenvalue weighted by Crippen LogP contribution is -2.46. The van der Waals surface area contributed by atoms with E-state index in [0.29, 0.717) is 17.8 Å². The molecule has 2 saturated carbocycles. The van der Waals surface area contributed by atoms with Crippen molar-refractivity contribution in [1.29, 1.82) is 0 Å². The normalized spacial score (nSPS) is 22.8. The van der Waals surface area contributed by atoms with Gasteiger partial charge < -0.3 is 10.1 Å². The van der Waals surface area contributed by atoms with Crippen molar-refractivity contribution in [3.8, 4) is 0 Å². The third kappa shape index (κ3) is 4.95. The van der Waals surface area contributed by atoms with Gasteiger partial charge in [0.25, 0.3) is 0 Å². The lowest BCUT2D eigenvalue weighted by molar-refractivity contribution is -0.146. The fourth-order valence-corrected chi connectivity index (χ4v) is 4.41. The van der Waals surface area contributed by atoms with Crippen LogP contribution in [0.15, 0.2) is 0 Å². The smallest absolute Gasteiger partial charge is 0.328 e. The summed E-state index contributed by atoms with van der Waals surface area (Å²) in [5.41, 5.74) is 0.523. The van der Waals surface area contributed by atoms with Gasteiger partial charge in [0.05, 0.1) is 7.11 Å². The van der Waals surface area contributed by atoms with Crippen LogP contribution >= 0.6 is 0 Å². The first-order valence-corrected chi connectivity index (χ1v) is 9.34. The van der Waals surface area contributed by atoms with Gasteiger partial charge in [-0.15, -0.1) is 0 Å². The third-order valence-electron chi connectivity index (χ3n) is 5.84. The Morgan fingerprint density at radius 1 is 1.09 bits per heavy atom. The van der Waals surface area contributed by atoms with E-state index in [9.17, 15) is 9.59 Å². The minimum absolute atomic E-state index is 0.0479. The monoisotopic (exact) mass is 323 g/mol. The van der Waals surface area contributed by atoms with E-state index >= 15 is 0 Å².